The van der Waals surface area contributed by atoms with Crippen LogP contribution in [0.3, 0.4) is 0 Å². The number of benzene rings is 5. The second-order valence-electron chi connectivity index (χ2n) is 16.2. The molecule has 8 aliphatic carbocycles. The van der Waals surface area contributed by atoms with Crippen LogP contribution < -0.4 is 8.37 Å². The first-order valence-corrected chi connectivity index (χ1v) is 20.9. The van der Waals surface area contributed by atoms with Crippen LogP contribution in [0.5, 0.6) is 11.5 Å². The first-order chi connectivity index (χ1) is 25.0. The highest BCUT2D eigenvalue weighted by molar-refractivity contribution is 7.81. The van der Waals surface area contributed by atoms with Crippen LogP contribution in [0, 0.1) is 0 Å². The number of rotatable bonds is 4. The highest BCUT2D eigenvalue weighted by Crippen LogP contribution is 2.71. The predicted molar refractivity (Wildman–Crippen MR) is 190 cm³/mol. The van der Waals surface area contributed by atoms with Gasteiger partial charge in [-0.2, -0.15) is 16.8 Å². The lowest BCUT2D eigenvalue weighted by Gasteiger charge is -2.32. The van der Waals surface area contributed by atoms with Gasteiger partial charge in [0.1, 0.15) is 0 Å². The molecule has 10 heteroatoms. The van der Waals surface area contributed by atoms with Crippen molar-refractivity contribution in [3.05, 3.63) is 162 Å². The summed E-state index contributed by atoms with van der Waals surface area (Å²) in [5.41, 5.74) is 17.1. The zero-order valence-electron chi connectivity index (χ0n) is 27.5. The van der Waals surface area contributed by atoms with E-state index in [9.17, 15) is 25.9 Å². The van der Waals surface area contributed by atoms with E-state index in [1.165, 1.54) is 44.5 Å². The zero-order chi connectivity index (χ0) is 34.7. The van der Waals surface area contributed by atoms with Crippen molar-refractivity contribution in [2.75, 3.05) is 0 Å². The summed E-state index contributed by atoms with van der Waals surface area (Å²) >= 11 is 0. The average Bonchev–Trinajstić information content (AvgIpc) is 3.98. The SMILES string of the molecule is O=S(=O)(O)Oc1c2c(c(OS(=O)(=O)O)c3c1C1C[C@H]3c3cc4c(cc31)C1CC4c3ccccc31)C1CC2c2cc3c(cc21)C1CC3c2ccccc21. The molecule has 258 valence electrons. The summed E-state index contributed by atoms with van der Waals surface area (Å²) < 4.78 is 82.7. The van der Waals surface area contributed by atoms with Gasteiger partial charge >= 0.3 is 20.8 Å². The van der Waals surface area contributed by atoms with Crippen molar-refractivity contribution in [2.45, 2.75) is 73.0 Å². The smallest absolute Gasteiger partial charge is 0.361 e. The summed E-state index contributed by atoms with van der Waals surface area (Å²) in [6.45, 7) is 0. The van der Waals surface area contributed by atoms with Crippen LogP contribution in [-0.4, -0.2) is 25.9 Å². The van der Waals surface area contributed by atoms with Gasteiger partial charge in [-0.1, -0.05) is 72.8 Å². The maximum Gasteiger partial charge on any atom is 0.446 e. The summed E-state index contributed by atoms with van der Waals surface area (Å²) in [6, 6.07) is 26.3. The quantitative estimate of drug-likeness (QED) is 0.179. The lowest BCUT2D eigenvalue weighted by atomic mass is 9.74. The Labute approximate surface area is 300 Å². The summed E-state index contributed by atoms with van der Waals surface area (Å²) in [4.78, 5) is 0. The molecular weight excluding hydrogens is 697 g/mol. The van der Waals surface area contributed by atoms with Gasteiger partial charge in [-0.25, -0.2) is 0 Å². The molecule has 7 unspecified atom stereocenters. The molecule has 8 bridgehead atoms. The largest absolute Gasteiger partial charge is 0.446 e. The fourth-order valence-electron chi connectivity index (χ4n) is 12.8. The zero-order valence-corrected chi connectivity index (χ0v) is 29.2. The van der Waals surface area contributed by atoms with Gasteiger partial charge in [0.2, 0.25) is 0 Å². The number of hydrogen-bond acceptors (Lipinski definition) is 6. The second kappa shape index (κ2) is 8.99. The lowest BCUT2D eigenvalue weighted by molar-refractivity contribution is 0.375. The van der Waals surface area contributed by atoms with Crippen LogP contribution in [0.1, 0.15) is 162 Å². The average molecular weight is 727 g/mol. The van der Waals surface area contributed by atoms with E-state index in [1.807, 2.05) is 0 Å². The molecule has 0 fully saturated rings. The molecule has 0 spiro atoms. The normalized spacial score (nSPS) is 29.0. The fourth-order valence-corrected chi connectivity index (χ4v) is 13.6. The Hall–Kier alpha value is -4.48. The van der Waals surface area contributed by atoms with E-state index in [0.717, 1.165) is 35.1 Å². The molecule has 2 N–H and O–H groups in total. The maximum atomic E-state index is 12.7. The van der Waals surface area contributed by atoms with Crippen molar-refractivity contribution in [3.8, 4) is 11.5 Å². The minimum atomic E-state index is -4.96. The third-order valence-electron chi connectivity index (χ3n) is 14.3. The van der Waals surface area contributed by atoms with Crippen LogP contribution in [0.15, 0.2) is 72.8 Å². The van der Waals surface area contributed by atoms with E-state index in [-0.39, 0.29) is 35.2 Å². The van der Waals surface area contributed by atoms with Crippen LogP contribution in [0.25, 0.3) is 0 Å². The van der Waals surface area contributed by atoms with Crippen molar-refractivity contribution in [1.82, 2.24) is 0 Å². The first-order valence-electron chi connectivity index (χ1n) is 18.1. The number of hydrogen-bond donors (Lipinski definition) is 2. The highest BCUT2D eigenvalue weighted by Gasteiger charge is 2.56. The van der Waals surface area contributed by atoms with E-state index >= 15 is 0 Å². The van der Waals surface area contributed by atoms with Crippen molar-refractivity contribution >= 4 is 20.8 Å². The van der Waals surface area contributed by atoms with Crippen molar-refractivity contribution in [2.24, 2.45) is 0 Å². The minimum absolute atomic E-state index is 0.0891. The van der Waals surface area contributed by atoms with Crippen molar-refractivity contribution in [1.29, 1.82) is 0 Å². The molecule has 13 rings (SSSR count). The molecule has 0 saturated carbocycles. The molecule has 0 heterocycles. The van der Waals surface area contributed by atoms with Gasteiger partial charge in [-0.3, -0.25) is 9.11 Å². The molecule has 0 saturated heterocycles. The molecule has 0 aromatic heterocycles. The Morgan fingerprint density at radius 3 is 0.865 bits per heavy atom. The lowest BCUT2D eigenvalue weighted by Crippen LogP contribution is -2.20. The third kappa shape index (κ3) is 3.37. The van der Waals surface area contributed by atoms with Crippen molar-refractivity contribution in [3.63, 3.8) is 0 Å². The molecule has 0 amide bonds. The standard InChI is InChI=1S/C42H30O8S2/c43-51(44,45)49-41-37-33-15-34(30-12-26-22-9-21(25(26)11-29(30)33)17-5-1-2-6-18(17)22)38(37)42(50-52(46,47)48)40-36-16-35(39(40)41)31-13-27-23-10-24(28(27)14-32(31)36)20-8-4-3-7-19(20)23/h1-8,11-14,21-24,33-36H,9-10,15-16H2,(H,43,44,45)(H,46,47,48)/t21?,22?,23?,24?,33-,34?,35?,36?/m0/s1. The Morgan fingerprint density at radius 2 is 0.615 bits per heavy atom. The van der Waals surface area contributed by atoms with Crippen LogP contribution >= 0.6 is 0 Å². The second-order valence-corrected chi connectivity index (χ2v) is 18.2. The van der Waals surface area contributed by atoms with Gasteiger partial charge in [-0.15, -0.1) is 0 Å². The molecule has 5 aromatic rings. The summed E-state index contributed by atoms with van der Waals surface area (Å²) in [5, 5.41) is 0. The Morgan fingerprint density at radius 1 is 0.385 bits per heavy atom. The molecule has 0 radical (unpaired) electrons. The van der Waals surface area contributed by atoms with E-state index in [2.05, 4.69) is 72.8 Å². The molecule has 5 aromatic carbocycles. The topological polar surface area (TPSA) is 127 Å². The van der Waals surface area contributed by atoms with E-state index in [4.69, 9.17) is 8.37 Å². The summed E-state index contributed by atoms with van der Waals surface area (Å²) in [6.07, 6.45) is 3.20. The van der Waals surface area contributed by atoms with Crippen LogP contribution in [0.2, 0.25) is 0 Å². The molecular formula is C42H30O8S2. The molecule has 8 atom stereocenters. The van der Waals surface area contributed by atoms with E-state index < -0.39 is 20.8 Å². The fraction of sp³-hybridized carbons (Fsp3) is 0.286. The predicted octanol–water partition coefficient (Wildman–Crippen LogP) is 7.97. The van der Waals surface area contributed by atoms with Crippen LogP contribution in [0.4, 0.5) is 0 Å². The molecule has 52 heavy (non-hydrogen) atoms. The van der Waals surface area contributed by atoms with Gasteiger partial charge in [0.05, 0.1) is 0 Å². The Bertz CT molecular complexity index is 2480. The number of fused-ring (bicyclic) bond motifs is 32. The van der Waals surface area contributed by atoms with Gasteiger partial charge in [0.15, 0.2) is 11.5 Å². The Kier molecular flexibility index (Phi) is 5.02. The molecule has 0 aliphatic heterocycles. The van der Waals surface area contributed by atoms with E-state index in [1.54, 1.807) is 0 Å². The molecule has 8 aliphatic rings. The highest BCUT2D eigenvalue weighted by atomic mass is 32.3. The summed E-state index contributed by atoms with van der Waals surface area (Å²) in [7, 11) is -9.93. The first kappa shape index (κ1) is 29.0. The minimum Gasteiger partial charge on any atom is -0.361 e. The molecule has 8 nitrogen and oxygen atoms in total. The monoisotopic (exact) mass is 726 g/mol. The van der Waals surface area contributed by atoms with Crippen molar-refractivity contribution < 1.29 is 34.3 Å². The maximum absolute atomic E-state index is 12.7. The Balaban J connectivity index is 1.03. The third-order valence-corrected chi connectivity index (χ3v) is 15.0. The van der Waals surface area contributed by atoms with Crippen LogP contribution in [-0.2, 0) is 20.8 Å². The van der Waals surface area contributed by atoms with Gasteiger partial charge in [0.25, 0.3) is 0 Å². The summed E-state index contributed by atoms with van der Waals surface area (Å²) in [5.74, 6) is 0.158. The van der Waals surface area contributed by atoms with Gasteiger partial charge in [0, 0.05) is 69.6 Å². The van der Waals surface area contributed by atoms with E-state index in [0.29, 0.717) is 58.8 Å². The van der Waals surface area contributed by atoms with Gasteiger partial charge < -0.3 is 8.37 Å². The van der Waals surface area contributed by atoms with Gasteiger partial charge in [-0.05, 0) is 92.4 Å².